The zero-order valence-electron chi connectivity index (χ0n) is 20.1. The number of hydrogen-bond donors (Lipinski definition) is 0. The monoisotopic (exact) mass is 488 g/mol. The van der Waals surface area contributed by atoms with Crippen LogP contribution in [0.15, 0.2) is 60.8 Å². The molecule has 1 amide bonds. The summed E-state index contributed by atoms with van der Waals surface area (Å²) in [6, 6.07) is 17.7. The zero-order chi connectivity index (χ0) is 24.4. The first-order valence-electron chi connectivity index (χ1n) is 12.1. The van der Waals surface area contributed by atoms with Crippen molar-refractivity contribution in [1.82, 2.24) is 19.5 Å². The Hall–Kier alpha value is -3.38. The summed E-state index contributed by atoms with van der Waals surface area (Å²) in [6.45, 7) is 6.14. The molecule has 1 fully saturated rings. The number of ether oxygens (including phenoxy) is 1. The fourth-order valence-electron chi connectivity index (χ4n) is 4.83. The Bertz CT molecular complexity index is 1350. The number of hydrogen-bond acceptors (Lipinski definition) is 4. The Morgan fingerprint density at radius 3 is 2.69 bits per heavy atom. The van der Waals surface area contributed by atoms with Gasteiger partial charge >= 0.3 is 0 Å². The van der Waals surface area contributed by atoms with Gasteiger partial charge in [0.15, 0.2) is 5.65 Å². The van der Waals surface area contributed by atoms with Crippen molar-refractivity contribution in [2.75, 3.05) is 19.7 Å². The number of para-hydroxylation sites is 1. The molecule has 35 heavy (non-hydrogen) atoms. The van der Waals surface area contributed by atoms with Crippen LogP contribution in [0.25, 0.3) is 5.65 Å². The Morgan fingerprint density at radius 1 is 1.11 bits per heavy atom. The van der Waals surface area contributed by atoms with Gasteiger partial charge in [0.2, 0.25) is 0 Å². The van der Waals surface area contributed by atoms with E-state index in [-0.39, 0.29) is 5.91 Å². The minimum atomic E-state index is -0.00312. The summed E-state index contributed by atoms with van der Waals surface area (Å²) in [4.78, 5) is 20.1. The molecule has 0 aliphatic carbocycles. The topological polar surface area (TPSA) is 59.7 Å². The van der Waals surface area contributed by atoms with E-state index in [1.165, 1.54) is 0 Å². The lowest BCUT2D eigenvalue weighted by Crippen LogP contribution is -2.29. The van der Waals surface area contributed by atoms with Gasteiger partial charge < -0.3 is 9.64 Å². The molecule has 1 atom stereocenters. The SMILES string of the molecule is Cc1nc2c(C(=O)N3CCC(CCOc4ccccc4)C3)cnn2c(C)c1Cc1ccccc1Cl. The number of likely N-dealkylation sites (tertiary alicyclic amines) is 1. The summed E-state index contributed by atoms with van der Waals surface area (Å²) in [5.74, 6) is 1.32. The van der Waals surface area contributed by atoms with E-state index in [9.17, 15) is 4.79 Å². The first-order chi connectivity index (χ1) is 17.0. The number of aromatic nitrogens is 3. The number of amides is 1. The number of aryl methyl sites for hydroxylation is 2. The number of fused-ring (bicyclic) bond motifs is 1. The largest absolute Gasteiger partial charge is 0.494 e. The van der Waals surface area contributed by atoms with E-state index in [0.29, 0.717) is 30.2 Å². The molecular weight excluding hydrogens is 460 g/mol. The molecule has 1 saturated heterocycles. The fourth-order valence-corrected chi connectivity index (χ4v) is 5.04. The van der Waals surface area contributed by atoms with Crippen molar-refractivity contribution in [3.05, 3.63) is 93.9 Å². The lowest BCUT2D eigenvalue weighted by molar-refractivity contribution is 0.0787. The van der Waals surface area contributed by atoms with Crippen LogP contribution >= 0.6 is 11.6 Å². The minimum Gasteiger partial charge on any atom is -0.494 e. The van der Waals surface area contributed by atoms with E-state index in [4.69, 9.17) is 21.3 Å². The summed E-state index contributed by atoms with van der Waals surface area (Å²) in [6.07, 6.45) is 4.23. The maximum Gasteiger partial charge on any atom is 0.259 e. The molecule has 2 aromatic heterocycles. The number of carbonyl (C=O) groups is 1. The van der Waals surface area contributed by atoms with Crippen LogP contribution in [-0.4, -0.2) is 45.1 Å². The van der Waals surface area contributed by atoms with Crippen LogP contribution in [0.1, 0.15) is 45.7 Å². The van der Waals surface area contributed by atoms with Gasteiger partial charge in [-0.15, -0.1) is 0 Å². The summed E-state index contributed by atoms with van der Waals surface area (Å²) in [5.41, 5.74) is 5.16. The molecule has 3 heterocycles. The Morgan fingerprint density at radius 2 is 1.89 bits per heavy atom. The average Bonchev–Trinajstić information content (AvgIpc) is 3.51. The van der Waals surface area contributed by atoms with Gasteiger partial charge in [0, 0.05) is 35.9 Å². The third kappa shape index (κ3) is 4.89. The van der Waals surface area contributed by atoms with Crippen LogP contribution in [0.2, 0.25) is 5.02 Å². The van der Waals surface area contributed by atoms with Crippen LogP contribution in [0, 0.1) is 19.8 Å². The van der Waals surface area contributed by atoms with E-state index in [1.54, 1.807) is 10.7 Å². The molecule has 7 heteroatoms. The number of rotatable bonds is 7. The summed E-state index contributed by atoms with van der Waals surface area (Å²) >= 11 is 6.39. The van der Waals surface area contributed by atoms with Crippen molar-refractivity contribution in [3.8, 4) is 5.75 Å². The van der Waals surface area contributed by atoms with Crippen LogP contribution in [-0.2, 0) is 6.42 Å². The predicted molar refractivity (Wildman–Crippen MR) is 137 cm³/mol. The second-order valence-corrected chi connectivity index (χ2v) is 9.59. The lowest BCUT2D eigenvalue weighted by atomic mass is 10.0. The molecule has 1 aliphatic heterocycles. The van der Waals surface area contributed by atoms with E-state index >= 15 is 0 Å². The highest BCUT2D eigenvalue weighted by atomic mass is 35.5. The van der Waals surface area contributed by atoms with Crippen molar-refractivity contribution in [2.45, 2.75) is 33.1 Å². The van der Waals surface area contributed by atoms with Gasteiger partial charge in [-0.1, -0.05) is 48.0 Å². The van der Waals surface area contributed by atoms with Crippen molar-refractivity contribution in [3.63, 3.8) is 0 Å². The van der Waals surface area contributed by atoms with E-state index in [2.05, 4.69) is 5.10 Å². The van der Waals surface area contributed by atoms with E-state index in [0.717, 1.165) is 59.2 Å². The highest BCUT2D eigenvalue weighted by Crippen LogP contribution is 2.26. The highest BCUT2D eigenvalue weighted by Gasteiger charge is 2.29. The third-order valence-corrected chi connectivity index (χ3v) is 7.24. The normalized spacial score (nSPS) is 15.6. The van der Waals surface area contributed by atoms with Crippen molar-refractivity contribution < 1.29 is 9.53 Å². The van der Waals surface area contributed by atoms with Crippen LogP contribution in [0.4, 0.5) is 0 Å². The molecule has 1 aliphatic rings. The second kappa shape index (κ2) is 10.1. The smallest absolute Gasteiger partial charge is 0.259 e. The number of nitrogens with zero attached hydrogens (tertiary/aromatic N) is 4. The average molecular weight is 489 g/mol. The first kappa shape index (κ1) is 23.4. The molecular formula is C28H29ClN4O2. The predicted octanol–water partition coefficient (Wildman–Crippen LogP) is 5.52. The van der Waals surface area contributed by atoms with Gasteiger partial charge in [0.05, 0.1) is 12.8 Å². The summed E-state index contributed by atoms with van der Waals surface area (Å²) in [5, 5.41) is 5.27. The third-order valence-electron chi connectivity index (χ3n) is 6.88. The highest BCUT2D eigenvalue weighted by molar-refractivity contribution is 6.31. The standard InChI is InChI=1S/C28H29ClN4O2/c1-19-24(16-22-8-6-7-11-26(22)29)20(2)33-27(31-19)25(17-30-33)28(34)32-14-12-21(18-32)13-15-35-23-9-4-3-5-10-23/h3-11,17,21H,12-16,18H2,1-2H3. The lowest BCUT2D eigenvalue weighted by Gasteiger charge is -2.17. The number of benzene rings is 2. The second-order valence-electron chi connectivity index (χ2n) is 9.18. The Balaban J connectivity index is 1.28. The minimum absolute atomic E-state index is 0.00312. The molecule has 5 rings (SSSR count). The quantitative estimate of drug-likeness (QED) is 0.343. The first-order valence-corrected chi connectivity index (χ1v) is 12.4. The molecule has 4 aromatic rings. The molecule has 0 bridgehead atoms. The number of halogens is 1. The molecule has 180 valence electrons. The van der Waals surface area contributed by atoms with Crippen molar-refractivity contribution in [1.29, 1.82) is 0 Å². The van der Waals surface area contributed by atoms with Gasteiger partial charge in [-0.05, 0) is 61.9 Å². The van der Waals surface area contributed by atoms with Gasteiger partial charge in [0.1, 0.15) is 11.3 Å². The van der Waals surface area contributed by atoms with Crippen molar-refractivity contribution in [2.24, 2.45) is 5.92 Å². The molecule has 1 unspecified atom stereocenters. The summed E-state index contributed by atoms with van der Waals surface area (Å²) in [7, 11) is 0. The maximum absolute atomic E-state index is 13.4. The van der Waals surface area contributed by atoms with Gasteiger partial charge in [-0.25, -0.2) is 9.50 Å². The van der Waals surface area contributed by atoms with E-state index < -0.39 is 0 Å². The number of carbonyl (C=O) groups excluding carboxylic acids is 1. The fraction of sp³-hybridized carbons (Fsp3) is 0.321. The van der Waals surface area contributed by atoms with Crippen LogP contribution < -0.4 is 4.74 Å². The van der Waals surface area contributed by atoms with Crippen LogP contribution in [0.3, 0.4) is 0 Å². The Labute approximate surface area is 210 Å². The van der Waals surface area contributed by atoms with Gasteiger partial charge in [0.25, 0.3) is 5.91 Å². The maximum atomic E-state index is 13.4. The van der Waals surface area contributed by atoms with Crippen molar-refractivity contribution >= 4 is 23.2 Å². The van der Waals surface area contributed by atoms with E-state index in [1.807, 2.05) is 73.3 Å². The molecule has 0 saturated carbocycles. The molecule has 6 nitrogen and oxygen atoms in total. The molecule has 0 N–H and O–H groups in total. The van der Waals surface area contributed by atoms with Crippen LogP contribution in [0.5, 0.6) is 5.75 Å². The zero-order valence-corrected chi connectivity index (χ0v) is 20.8. The molecule has 0 radical (unpaired) electrons. The van der Waals surface area contributed by atoms with Gasteiger partial charge in [-0.2, -0.15) is 5.10 Å². The Kier molecular flexibility index (Phi) is 6.73. The molecule has 0 spiro atoms. The molecule has 2 aromatic carbocycles. The summed E-state index contributed by atoms with van der Waals surface area (Å²) < 4.78 is 7.63. The van der Waals surface area contributed by atoms with Gasteiger partial charge in [-0.3, -0.25) is 4.79 Å².